The zero-order chi connectivity index (χ0) is 14.6. The number of nitrogens with zero attached hydrogens (tertiary/aromatic N) is 1. The number of anilines is 1. The predicted octanol–water partition coefficient (Wildman–Crippen LogP) is 0.984. The number of hydrogen-bond donors (Lipinski definition) is 2. The van der Waals surface area contributed by atoms with Crippen molar-refractivity contribution in [2.75, 3.05) is 37.4 Å². The summed E-state index contributed by atoms with van der Waals surface area (Å²) < 4.78 is 26.8. The molecule has 3 N–H and O–H groups in total. The molecule has 1 heterocycles. The van der Waals surface area contributed by atoms with Crippen molar-refractivity contribution in [3.05, 3.63) is 24.3 Å². The van der Waals surface area contributed by atoms with Gasteiger partial charge in [-0.25, -0.2) is 13.1 Å². The fourth-order valence-corrected chi connectivity index (χ4v) is 4.88. The molecule has 1 saturated heterocycles. The number of para-hydroxylation sites is 1. The lowest BCUT2D eigenvalue weighted by Crippen LogP contribution is -2.38. The third-order valence-electron chi connectivity index (χ3n) is 3.27. The second-order valence-corrected chi connectivity index (χ2v) is 8.08. The van der Waals surface area contributed by atoms with Crippen LogP contribution in [0.25, 0.3) is 0 Å². The molecule has 7 heteroatoms. The van der Waals surface area contributed by atoms with Gasteiger partial charge in [0, 0.05) is 28.9 Å². The van der Waals surface area contributed by atoms with Crippen molar-refractivity contribution >= 4 is 27.5 Å². The summed E-state index contributed by atoms with van der Waals surface area (Å²) in [4.78, 5) is 3.07. The SMILES string of the molecule is CN1CCC(NS(=O)(=O)CCSc2ccccc2N)C1. The second kappa shape index (κ2) is 6.80. The van der Waals surface area contributed by atoms with E-state index in [2.05, 4.69) is 9.62 Å². The van der Waals surface area contributed by atoms with Crippen molar-refractivity contribution in [1.29, 1.82) is 0 Å². The Kier molecular flexibility index (Phi) is 5.31. The minimum atomic E-state index is -3.21. The van der Waals surface area contributed by atoms with E-state index in [1.165, 1.54) is 11.8 Å². The smallest absolute Gasteiger partial charge is 0.212 e. The zero-order valence-electron chi connectivity index (χ0n) is 11.6. The minimum Gasteiger partial charge on any atom is -0.398 e. The topological polar surface area (TPSA) is 75.4 Å². The van der Waals surface area contributed by atoms with Gasteiger partial charge in [0.2, 0.25) is 10.0 Å². The van der Waals surface area contributed by atoms with Crippen molar-refractivity contribution in [3.8, 4) is 0 Å². The van der Waals surface area contributed by atoms with E-state index in [4.69, 9.17) is 5.73 Å². The summed E-state index contributed by atoms with van der Waals surface area (Å²) in [5.41, 5.74) is 6.52. The molecule has 0 aliphatic carbocycles. The molecule has 5 nitrogen and oxygen atoms in total. The summed E-state index contributed by atoms with van der Waals surface area (Å²) in [6.45, 7) is 1.74. The average Bonchev–Trinajstić information content (AvgIpc) is 2.76. The third-order valence-corrected chi connectivity index (χ3v) is 6.05. The average molecular weight is 315 g/mol. The van der Waals surface area contributed by atoms with E-state index in [0.717, 1.165) is 24.4 Å². The highest BCUT2D eigenvalue weighted by Gasteiger charge is 2.24. The van der Waals surface area contributed by atoms with Gasteiger partial charge in [-0.2, -0.15) is 0 Å². The van der Waals surface area contributed by atoms with Gasteiger partial charge in [-0.05, 0) is 32.1 Å². The van der Waals surface area contributed by atoms with Gasteiger partial charge in [0.05, 0.1) is 5.75 Å². The van der Waals surface area contributed by atoms with Crippen LogP contribution in [0.1, 0.15) is 6.42 Å². The van der Waals surface area contributed by atoms with Crippen LogP contribution in [0, 0.1) is 0 Å². The first-order valence-electron chi connectivity index (χ1n) is 6.62. The van der Waals surface area contributed by atoms with Gasteiger partial charge in [-0.15, -0.1) is 11.8 Å². The summed E-state index contributed by atoms with van der Waals surface area (Å²) in [6, 6.07) is 7.56. The van der Waals surface area contributed by atoms with Crippen molar-refractivity contribution in [1.82, 2.24) is 9.62 Å². The molecule has 20 heavy (non-hydrogen) atoms. The normalized spacial score (nSPS) is 20.4. The largest absolute Gasteiger partial charge is 0.398 e. The van der Waals surface area contributed by atoms with Gasteiger partial charge in [0.25, 0.3) is 0 Å². The van der Waals surface area contributed by atoms with E-state index in [-0.39, 0.29) is 11.8 Å². The Morgan fingerprint density at radius 3 is 2.85 bits per heavy atom. The maximum atomic E-state index is 12.0. The van der Waals surface area contributed by atoms with Gasteiger partial charge >= 0.3 is 0 Å². The van der Waals surface area contributed by atoms with E-state index >= 15 is 0 Å². The Hall–Kier alpha value is -0.760. The van der Waals surface area contributed by atoms with Crippen LogP contribution in [0.3, 0.4) is 0 Å². The molecule has 1 atom stereocenters. The van der Waals surface area contributed by atoms with E-state index in [9.17, 15) is 8.42 Å². The number of benzene rings is 1. The zero-order valence-corrected chi connectivity index (χ0v) is 13.2. The maximum absolute atomic E-state index is 12.0. The maximum Gasteiger partial charge on any atom is 0.212 e. The number of sulfonamides is 1. The molecule has 1 aromatic carbocycles. The molecular weight excluding hydrogens is 294 g/mol. The Balaban J connectivity index is 1.79. The van der Waals surface area contributed by atoms with E-state index in [1.54, 1.807) is 0 Å². The predicted molar refractivity (Wildman–Crippen MR) is 84.4 cm³/mol. The molecule has 1 aliphatic rings. The third kappa shape index (κ3) is 4.66. The highest BCUT2D eigenvalue weighted by atomic mass is 32.2. The molecule has 0 radical (unpaired) electrons. The summed E-state index contributed by atoms with van der Waals surface area (Å²) in [5, 5.41) is 0. The van der Waals surface area contributed by atoms with Gasteiger partial charge < -0.3 is 10.6 Å². The number of thioether (sulfide) groups is 1. The Morgan fingerprint density at radius 2 is 2.20 bits per heavy atom. The van der Waals surface area contributed by atoms with Gasteiger partial charge in [0.15, 0.2) is 0 Å². The lowest BCUT2D eigenvalue weighted by Gasteiger charge is -2.13. The molecule has 0 aromatic heterocycles. The molecule has 0 amide bonds. The first-order valence-corrected chi connectivity index (χ1v) is 9.26. The highest BCUT2D eigenvalue weighted by Crippen LogP contribution is 2.24. The number of nitrogens with two attached hydrogens (primary N) is 1. The molecule has 0 saturated carbocycles. The Bertz CT molecular complexity index is 548. The summed E-state index contributed by atoms with van der Waals surface area (Å²) >= 11 is 1.48. The highest BCUT2D eigenvalue weighted by molar-refractivity contribution is 8.00. The van der Waals surface area contributed by atoms with Crippen LogP contribution in [0.4, 0.5) is 5.69 Å². The molecule has 0 bridgehead atoms. The van der Waals surface area contributed by atoms with Crippen LogP contribution in [0.2, 0.25) is 0 Å². The van der Waals surface area contributed by atoms with Crippen LogP contribution < -0.4 is 10.5 Å². The van der Waals surface area contributed by atoms with E-state index in [1.807, 2.05) is 31.3 Å². The second-order valence-electron chi connectivity index (χ2n) is 5.07. The van der Waals surface area contributed by atoms with Crippen molar-refractivity contribution < 1.29 is 8.42 Å². The molecule has 112 valence electrons. The van der Waals surface area contributed by atoms with Crippen molar-refractivity contribution in [2.45, 2.75) is 17.4 Å². The fraction of sp³-hybridized carbons (Fsp3) is 0.538. The monoisotopic (exact) mass is 315 g/mol. The van der Waals surface area contributed by atoms with Gasteiger partial charge in [0.1, 0.15) is 0 Å². The summed E-state index contributed by atoms with van der Waals surface area (Å²) in [6.07, 6.45) is 0.883. The summed E-state index contributed by atoms with van der Waals surface area (Å²) in [7, 11) is -1.21. The number of likely N-dealkylation sites (tertiary alicyclic amines) is 1. The first-order chi connectivity index (χ1) is 9.46. The standard InChI is InChI=1S/C13H21N3O2S2/c1-16-7-6-11(10-16)15-20(17,18)9-8-19-13-5-3-2-4-12(13)14/h2-5,11,15H,6-10,14H2,1H3. The van der Waals surface area contributed by atoms with Crippen molar-refractivity contribution in [2.24, 2.45) is 0 Å². The molecule has 2 rings (SSSR count). The van der Waals surface area contributed by atoms with Crippen LogP contribution >= 0.6 is 11.8 Å². The van der Waals surface area contributed by atoms with E-state index < -0.39 is 10.0 Å². The molecule has 1 fully saturated rings. The number of likely N-dealkylation sites (N-methyl/N-ethyl adjacent to an activating group) is 1. The number of nitrogens with one attached hydrogen (secondary N) is 1. The van der Waals surface area contributed by atoms with Gasteiger partial charge in [-0.1, -0.05) is 12.1 Å². The van der Waals surface area contributed by atoms with Gasteiger partial charge in [-0.3, -0.25) is 0 Å². The first kappa shape index (κ1) is 15.6. The lowest BCUT2D eigenvalue weighted by atomic mass is 10.3. The summed E-state index contributed by atoms with van der Waals surface area (Å²) in [5.74, 6) is 0.623. The number of hydrogen-bond acceptors (Lipinski definition) is 5. The molecule has 1 unspecified atom stereocenters. The molecule has 1 aliphatic heterocycles. The van der Waals surface area contributed by atoms with Crippen LogP contribution in [-0.2, 0) is 10.0 Å². The van der Waals surface area contributed by atoms with Crippen LogP contribution in [0.5, 0.6) is 0 Å². The number of nitrogen functional groups attached to an aromatic ring is 1. The lowest BCUT2D eigenvalue weighted by molar-refractivity contribution is 0.407. The van der Waals surface area contributed by atoms with Crippen LogP contribution in [-0.4, -0.2) is 51.0 Å². The van der Waals surface area contributed by atoms with Crippen LogP contribution in [0.15, 0.2) is 29.2 Å². The quantitative estimate of drug-likeness (QED) is 0.605. The van der Waals surface area contributed by atoms with Crippen molar-refractivity contribution in [3.63, 3.8) is 0 Å². The molecular formula is C13H21N3O2S2. The fourth-order valence-electron chi connectivity index (χ4n) is 2.22. The number of rotatable bonds is 6. The minimum absolute atomic E-state index is 0.0526. The Labute approximate surface area is 125 Å². The Morgan fingerprint density at radius 1 is 1.45 bits per heavy atom. The molecule has 0 spiro atoms. The molecule has 1 aromatic rings. The van der Waals surface area contributed by atoms with E-state index in [0.29, 0.717) is 11.4 Å².